The number of nitrogens with two attached hydrogens (primary N) is 1. The highest BCUT2D eigenvalue weighted by Gasteiger charge is 2.51. The Morgan fingerprint density at radius 3 is 2.08 bits per heavy atom. The molecule has 1 aromatic carbocycles. The molecule has 4 aliphatic rings. The van der Waals surface area contributed by atoms with E-state index < -0.39 is 0 Å². The topological polar surface area (TPSA) is 55.1 Å². The van der Waals surface area contributed by atoms with E-state index in [1.807, 2.05) is 37.3 Å². The summed E-state index contributed by atoms with van der Waals surface area (Å²) >= 11 is 0. The maximum atomic E-state index is 12.9. The fourth-order valence-electron chi connectivity index (χ4n) is 5.77. The predicted octanol–water partition coefficient (Wildman–Crippen LogP) is 3.83. The minimum Gasteiger partial charge on any atom is -0.350 e. The fourth-order valence-corrected chi connectivity index (χ4v) is 5.77. The van der Waals surface area contributed by atoms with Gasteiger partial charge in [0.2, 0.25) is 5.91 Å². The van der Waals surface area contributed by atoms with E-state index in [1.165, 1.54) is 38.5 Å². The van der Waals surface area contributed by atoms with Crippen LogP contribution in [0.3, 0.4) is 0 Å². The lowest BCUT2D eigenvalue weighted by atomic mass is 9.53. The number of carbonyl (C=O) groups excluding carboxylic acids is 1. The Morgan fingerprint density at radius 2 is 1.58 bits per heavy atom. The van der Waals surface area contributed by atoms with Crippen molar-refractivity contribution in [2.75, 3.05) is 0 Å². The van der Waals surface area contributed by atoms with E-state index in [2.05, 4.69) is 5.32 Å². The standard InChI is InChI=1S/C20H28N2O.ClH/c1-13(18(21)17-5-3-2-4-6-17)19(23)22-20-10-14-7-15(11-20)9-16(8-14)12-20;/h2-6,13-16,18H,7-12,21H2,1H3,(H,22,23);1H. The van der Waals surface area contributed by atoms with E-state index in [9.17, 15) is 4.79 Å². The molecular formula is C20H29ClN2O. The van der Waals surface area contributed by atoms with Crippen LogP contribution in [0.15, 0.2) is 30.3 Å². The Kier molecular flexibility index (Phi) is 4.94. The van der Waals surface area contributed by atoms with Crippen molar-refractivity contribution in [1.29, 1.82) is 0 Å². The summed E-state index contributed by atoms with van der Waals surface area (Å²) < 4.78 is 0. The third-order valence-electron chi connectivity index (χ3n) is 6.56. The van der Waals surface area contributed by atoms with Gasteiger partial charge in [-0.3, -0.25) is 4.79 Å². The van der Waals surface area contributed by atoms with Gasteiger partial charge in [-0.25, -0.2) is 0 Å². The summed E-state index contributed by atoms with van der Waals surface area (Å²) in [5.41, 5.74) is 7.47. The van der Waals surface area contributed by atoms with Gasteiger partial charge < -0.3 is 11.1 Å². The highest BCUT2D eigenvalue weighted by atomic mass is 35.5. The molecule has 4 aliphatic carbocycles. The Balaban J connectivity index is 0.00000169. The first kappa shape index (κ1) is 17.8. The first-order valence-electron chi connectivity index (χ1n) is 9.17. The SMILES string of the molecule is CC(C(=O)NC12CC3CC(CC(C3)C1)C2)C(N)c1ccccc1.Cl. The highest BCUT2D eigenvalue weighted by molar-refractivity contribution is 5.85. The lowest BCUT2D eigenvalue weighted by Crippen LogP contribution is -2.61. The van der Waals surface area contributed by atoms with Crippen molar-refractivity contribution in [2.45, 2.75) is 57.0 Å². The largest absolute Gasteiger partial charge is 0.350 e. The first-order chi connectivity index (χ1) is 11.0. The number of hydrogen-bond donors (Lipinski definition) is 2. The Labute approximate surface area is 151 Å². The Morgan fingerprint density at radius 1 is 1.08 bits per heavy atom. The summed E-state index contributed by atoms with van der Waals surface area (Å²) in [6.07, 6.45) is 7.77. The van der Waals surface area contributed by atoms with Crippen molar-refractivity contribution in [3.8, 4) is 0 Å². The average Bonchev–Trinajstić information content (AvgIpc) is 2.52. The van der Waals surface area contributed by atoms with Gasteiger partial charge in [0.1, 0.15) is 0 Å². The second kappa shape index (κ2) is 6.68. The molecule has 0 spiro atoms. The third-order valence-corrected chi connectivity index (χ3v) is 6.56. The number of hydrogen-bond acceptors (Lipinski definition) is 2. The van der Waals surface area contributed by atoms with Crippen LogP contribution in [0.25, 0.3) is 0 Å². The quantitative estimate of drug-likeness (QED) is 0.868. The number of benzene rings is 1. The second-order valence-electron chi connectivity index (χ2n) is 8.41. The molecule has 132 valence electrons. The second-order valence-corrected chi connectivity index (χ2v) is 8.41. The van der Waals surface area contributed by atoms with Gasteiger partial charge in [-0.1, -0.05) is 37.3 Å². The number of carbonyl (C=O) groups is 1. The molecule has 0 radical (unpaired) electrons. The van der Waals surface area contributed by atoms with Crippen LogP contribution in [0.2, 0.25) is 0 Å². The van der Waals surface area contributed by atoms with Crippen molar-refractivity contribution < 1.29 is 4.79 Å². The molecule has 4 saturated carbocycles. The van der Waals surface area contributed by atoms with E-state index in [0.717, 1.165) is 23.3 Å². The van der Waals surface area contributed by atoms with Gasteiger partial charge in [-0.15, -0.1) is 12.4 Å². The van der Waals surface area contributed by atoms with Crippen LogP contribution < -0.4 is 11.1 Å². The monoisotopic (exact) mass is 348 g/mol. The minimum atomic E-state index is -0.231. The molecule has 0 saturated heterocycles. The normalized spacial score (nSPS) is 35.8. The van der Waals surface area contributed by atoms with Gasteiger partial charge in [-0.2, -0.15) is 0 Å². The zero-order valence-electron chi connectivity index (χ0n) is 14.4. The third kappa shape index (κ3) is 3.21. The molecule has 24 heavy (non-hydrogen) atoms. The van der Waals surface area contributed by atoms with Gasteiger partial charge in [0.15, 0.2) is 0 Å². The fraction of sp³-hybridized carbons (Fsp3) is 0.650. The maximum Gasteiger partial charge on any atom is 0.225 e. The van der Waals surface area contributed by atoms with Crippen molar-refractivity contribution in [3.63, 3.8) is 0 Å². The molecule has 0 aliphatic heterocycles. The van der Waals surface area contributed by atoms with Gasteiger partial charge in [0.05, 0.1) is 5.92 Å². The van der Waals surface area contributed by atoms with E-state index in [0.29, 0.717) is 0 Å². The highest BCUT2D eigenvalue weighted by Crippen LogP contribution is 2.55. The molecule has 5 rings (SSSR count). The van der Waals surface area contributed by atoms with E-state index in [1.54, 1.807) is 0 Å². The number of rotatable bonds is 4. The summed E-state index contributed by atoms with van der Waals surface area (Å²) in [6.45, 7) is 1.97. The van der Waals surface area contributed by atoms with Crippen molar-refractivity contribution in [3.05, 3.63) is 35.9 Å². The van der Waals surface area contributed by atoms with E-state index in [4.69, 9.17) is 5.73 Å². The zero-order valence-corrected chi connectivity index (χ0v) is 15.2. The molecule has 2 unspecified atom stereocenters. The molecule has 4 bridgehead atoms. The first-order valence-corrected chi connectivity index (χ1v) is 9.17. The molecule has 1 aromatic rings. The summed E-state index contributed by atoms with van der Waals surface area (Å²) in [4.78, 5) is 12.9. The molecule has 3 nitrogen and oxygen atoms in total. The van der Waals surface area contributed by atoms with Crippen LogP contribution in [0.1, 0.15) is 57.1 Å². The molecule has 0 heterocycles. The molecule has 1 amide bonds. The van der Waals surface area contributed by atoms with Crippen LogP contribution in [0.4, 0.5) is 0 Å². The van der Waals surface area contributed by atoms with E-state index in [-0.39, 0.29) is 35.8 Å². The molecule has 0 aromatic heterocycles. The maximum absolute atomic E-state index is 12.9. The van der Waals surface area contributed by atoms with E-state index >= 15 is 0 Å². The van der Waals surface area contributed by atoms with Crippen LogP contribution in [-0.4, -0.2) is 11.4 Å². The molecule has 4 fully saturated rings. The van der Waals surface area contributed by atoms with Crippen LogP contribution in [-0.2, 0) is 4.79 Å². The van der Waals surface area contributed by atoms with Crippen LogP contribution in [0, 0.1) is 23.7 Å². The Hall–Kier alpha value is -1.06. The Bertz CT molecular complexity index is 553. The molecular weight excluding hydrogens is 320 g/mol. The molecule has 3 N–H and O–H groups in total. The summed E-state index contributed by atoms with van der Waals surface area (Å²) in [6, 6.07) is 9.75. The number of amides is 1. The zero-order chi connectivity index (χ0) is 16.0. The smallest absolute Gasteiger partial charge is 0.225 e. The minimum absolute atomic E-state index is 0. The number of halogens is 1. The summed E-state index contributed by atoms with van der Waals surface area (Å²) in [5, 5.41) is 3.46. The lowest BCUT2D eigenvalue weighted by Gasteiger charge is -2.57. The van der Waals surface area contributed by atoms with Crippen LogP contribution in [0.5, 0.6) is 0 Å². The molecule has 2 atom stereocenters. The van der Waals surface area contributed by atoms with Gasteiger partial charge >= 0.3 is 0 Å². The number of nitrogens with one attached hydrogen (secondary N) is 1. The molecule has 4 heteroatoms. The van der Waals surface area contributed by atoms with Crippen molar-refractivity contribution in [1.82, 2.24) is 5.32 Å². The van der Waals surface area contributed by atoms with Gasteiger partial charge in [0, 0.05) is 11.6 Å². The van der Waals surface area contributed by atoms with Crippen LogP contribution >= 0.6 is 12.4 Å². The summed E-state index contributed by atoms with van der Waals surface area (Å²) in [5.74, 6) is 2.49. The van der Waals surface area contributed by atoms with Gasteiger partial charge in [-0.05, 0) is 61.8 Å². The lowest BCUT2D eigenvalue weighted by molar-refractivity contribution is -0.131. The van der Waals surface area contributed by atoms with Crippen molar-refractivity contribution >= 4 is 18.3 Å². The van der Waals surface area contributed by atoms with Crippen molar-refractivity contribution in [2.24, 2.45) is 29.4 Å². The average molecular weight is 349 g/mol. The summed E-state index contributed by atoms with van der Waals surface area (Å²) in [7, 11) is 0. The van der Waals surface area contributed by atoms with Gasteiger partial charge in [0.25, 0.3) is 0 Å². The predicted molar refractivity (Wildman–Crippen MR) is 98.8 cm³/mol.